The third-order valence-corrected chi connectivity index (χ3v) is 5.86. The summed E-state index contributed by atoms with van der Waals surface area (Å²) in [5.74, 6) is 1.38. The van der Waals surface area contributed by atoms with Crippen LogP contribution in [0.4, 0.5) is 0 Å². The maximum absolute atomic E-state index is 5.68. The summed E-state index contributed by atoms with van der Waals surface area (Å²) in [6.07, 6.45) is 7.79. The van der Waals surface area contributed by atoms with Crippen LogP contribution >= 0.6 is 0 Å². The van der Waals surface area contributed by atoms with Crippen LogP contribution in [0.3, 0.4) is 0 Å². The predicted octanol–water partition coefficient (Wildman–Crippen LogP) is 3.77. The SMILES string of the molecule is CC1(C)CCC[C@]2(C)[C@H]3COCOCC3=CC[C@@H]12. The first-order valence-electron chi connectivity index (χ1n) is 7.38. The van der Waals surface area contributed by atoms with E-state index in [0.717, 1.165) is 19.1 Å². The van der Waals surface area contributed by atoms with Crippen molar-refractivity contribution in [1.29, 1.82) is 0 Å². The minimum atomic E-state index is 0.416. The Kier molecular flexibility index (Phi) is 3.06. The minimum absolute atomic E-state index is 0.416. The molecule has 2 heteroatoms. The third-order valence-electron chi connectivity index (χ3n) is 5.86. The molecule has 0 radical (unpaired) electrons. The van der Waals surface area contributed by atoms with Crippen LogP contribution in [0.2, 0.25) is 0 Å². The molecule has 1 heterocycles. The molecule has 0 aromatic heterocycles. The fourth-order valence-electron chi connectivity index (χ4n) is 4.85. The van der Waals surface area contributed by atoms with Gasteiger partial charge in [-0.3, -0.25) is 0 Å². The number of rotatable bonds is 0. The fraction of sp³-hybridized carbons (Fsp3) is 0.875. The molecule has 0 N–H and O–H groups in total. The summed E-state index contributed by atoms with van der Waals surface area (Å²) in [4.78, 5) is 0. The summed E-state index contributed by atoms with van der Waals surface area (Å²) in [6.45, 7) is 9.54. The standard InChI is InChI=1S/C16H26O2/c1-15(2)7-4-8-16(3)13-10-18-11-17-9-12(13)5-6-14(15)16/h5,13-14H,4,6-11H2,1-3H3/t13-,14-,16+/m0/s1. The van der Waals surface area contributed by atoms with Crippen molar-refractivity contribution in [3.8, 4) is 0 Å². The van der Waals surface area contributed by atoms with Crippen LogP contribution in [0.15, 0.2) is 11.6 Å². The highest BCUT2D eigenvalue weighted by Gasteiger charge is 2.52. The van der Waals surface area contributed by atoms with Gasteiger partial charge in [0.05, 0.1) is 13.2 Å². The van der Waals surface area contributed by atoms with E-state index in [9.17, 15) is 0 Å². The molecular weight excluding hydrogens is 224 g/mol. The molecule has 2 fully saturated rings. The van der Waals surface area contributed by atoms with Crippen molar-refractivity contribution in [3.63, 3.8) is 0 Å². The average Bonchev–Trinajstić information content (AvgIpc) is 2.53. The zero-order valence-corrected chi connectivity index (χ0v) is 12.0. The van der Waals surface area contributed by atoms with Crippen molar-refractivity contribution >= 4 is 0 Å². The highest BCUT2D eigenvalue weighted by atomic mass is 16.7. The van der Waals surface area contributed by atoms with Gasteiger partial charge in [0.2, 0.25) is 0 Å². The van der Waals surface area contributed by atoms with Crippen LogP contribution in [0.25, 0.3) is 0 Å². The van der Waals surface area contributed by atoms with Crippen LogP contribution in [0.5, 0.6) is 0 Å². The molecule has 0 aromatic rings. The lowest BCUT2D eigenvalue weighted by Gasteiger charge is -2.56. The maximum Gasteiger partial charge on any atom is 0.147 e. The van der Waals surface area contributed by atoms with Crippen molar-refractivity contribution < 1.29 is 9.47 Å². The minimum Gasteiger partial charge on any atom is -0.355 e. The predicted molar refractivity (Wildman–Crippen MR) is 72.2 cm³/mol. The lowest BCUT2D eigenvalue weighted by Crippen LogP contribution is -2.49. The molecule has 0 unspecified atom stereocenters. The fourth-order valence-corrected chi connectivity index (χ4v) is 4.85. The number of hydrogen-bond acceptors (Lipinski definition) is 2. The Morgan fingerprint density at radius 1 is 1.17 bits per heavy atom. The average molecular weight is 250 g/mol. The molecule has 0 amide bonds. The van der Waals surface area contributed by atoms with Gasteiger partial charge < -0.3 is 9.47 Å². The van der Waals surface area contributed by atoms with E-state index < -0.39 is 0 Å². The van der Waals surface area contributed by atoms with Gasteiger partial charge in [0.25, 0.3) is 0 Å². The van der Waals surface area contributed by atoms with Crippen LogP contribution in [-0.2, 0) is 9.47 Å². The number of fused-ring (bicyclic) bond motifs is 3. The number of allylic oxidation sites excluding steroid dienone is 1. The second-order valence-corrected chi connectivity index (χ2v) is 7.30. The number of hydrogen-bond donors (Lipinski definition) is 0. The Labute approximate surface area is 111 Å². The monoisotopic (exact) mass is 250 g/mol. The lowest BCUT2D eigenvalue weighted by atomic mass is 9.49. The Morgan fingerprint density at radius 3 is 2.83 bits per heavy atom. The molecule has 3 atom stereocenters. The first kappa shape index (κ1) is 12.7. The van der Waals surface area contributed by atoms with Gasteiger partial charge in [-0.1, -0.05) is 33.3 Å². The van der Waals surface area contributed by atoms with Crippen molar-refractivity contribution in [2.24, 2.45) is 22.7 Å². The zero-order valence-electron chi connectivity index (χ0n) is 12.0. The summed E-state index contributed by atoms with van der Waals surface area (Å²) < 4.78 is 11.2. The van der Waals surface area contributed by atoms with Crippen molar-refractivity contribution in [3.05, 3.63) is 11.6 Å². The van der Waals surface area contributed by atoms with Crippen molar-refractivity contribution in [1.82, 2.24) is 0 Å². The van der Waals surface area contributed by atoms with E-state index in [1.807, 2.05) is 0 Å². The van der Waals surface area contributed by atoms with Gasteiger partial charge in [-0.05, 0) is 41.6 Å². The molecule has 0 aromatic carbocycles. The van der Waals surface area contributed by atoms with Crippen LogP contribution < -0.4 is 0 Å². The molecule has 0 bridgehead atoms. The Balaban J connectivity index is 1.97. The van der Waals surface area contributed by atoms with Crippen LogP contribution in [-0.4, -0.2) is 20.0 Å². The third kappa shape index (κ3) is 1.85. The van der Waals surface area contributed by atoms with Crippen molar-refractivity contribution in [2.75, 3.05) is 20.0 Å². The highest BCUT2D eigenvalue weighted by molar-refractivity contribution is 5.20. The second-order valence-electron chi connectivity index (χ2n) is 7.30. The van der Waals surface area contributed by atoms with E-state index in [1.54, 1.807) is 0 Å². The van der Waals surface area contributed by atoms with Crippen molar-refractivity contribution in [2.45, 2.75) is 46.5 Å². The van der Waals surface area contributed by atoms with Gasteiger partial charge in [-0.15, -0.1) is 0 Å². The maximum atomic E-state index is 5.68. The quantitative estimate of drug-likeness (QED) is 0.609. The summed E-state index contributed by atoms with van der Waals surface area (Å²) in [7, 11) is 0. The van der Waals surface area contributed by atoms with E-state index >= 15 is 0 Å². The van der Waals surface area contributed by atoms with Crippen LogP contribution in [0, 0.1) is 22.7 Å². The topological polar surface area (TPSA) is 18.5 Å². The Morgan fingerprint density at radius 2 is 2.00 bits per heavy atom. The first-order chi connectivity index (χ1) is 8.54. The van der Waals surface area contributed by atoms with E-state index in [-0.39, 0.29) is 0 Å². The van der Waals surface area contributed by atoms with Gasteiger partial charge in [0, 0.05) is 5.92 Å². The van der Waals surface area contributed by atoms with Gasteiger partial charge in [0.1, 0.15) is 6.79 Å². The summed E-state index contributed by atoms with van der Waals surface area (Å²) in [5, 5.41) is 0. The van der Waals surface area contributed by atoms with E-state index in [2.05, 4.69) is 26.8 Å². The van der Waals surface area contributed by atoms with Gasteiger partial charge in [0.15, 0.2) is 0 Å². The first-order valence-corrected chi connectivity index (χ1v) is 7.38. The largest absolute Gasteiger partial charge is 0.355 e. The van der Waals surface area contributed by atoms with Gasteiger partial charge in [-0.2, -0.15) is 0 Å². The Hall–Kier alpha value is -0.340. The lowest BCUT2D eigenvalue weighted by molar-refractivity contribution is -0.0738. The van der Waals surface area contributed by atoms with E-state index in [4.69, 9.17) is 9.47 Å². The van der Waals surface area contributed by atoms with Gasteiger partial charge >= 0.3 is 0 Å². The smallest absolute Gasteiger partial charge is 0.147 e. The molecule has 1 saturated carbocycles. The van der Waals surface area contributed by atoms with Gasteiger partial charge in [-0.25, -0.2) is 0 Å². The molecule has 3 rings (SSSR count). The molecule has 102 valence electrons. The molecular formula is C16H26O2. The molecule has 18 heavy (non-hydrogen) atoms. The second kappa shape index (κ2) is 4.35. The normalized spacial score (nSPS) is 43.4. The summed E-state index contributed by atoms with van der Waals surface area (Å²) >= 11 is 0. The van der Waals surface area contributed by atoms with E-state index in [0.29, 0.717) is 23.5 Å². The molecule has 2 nitrogen and oxygen atoms in total. The highest BCUT2D eigenvalue weighted by Crippen LogP contribution is 2.59. The summed E-state index contributed by atoms with van der Waals surface area (Å²) in [5.41, 5.74) is 2.39. The number of ether oxygens (including phenoxy) is 2. The van der Waals surface area contributed by atoms with Crippen LogP contribution in [0.1, 0.15) is 46.5 Å². The van der Waals surface area contributed by atoms with E-state index in [1.165, 1.54) is 31.3 Å². The zero-order chi connectivity index (χ0) is 12.8. The molecule has 3 aliphatic rings. The molecule has 1 aliphatic heterocycles. The molecule has 0 spiro atoms. The molecule has 2 aliphatic carbocycles. The molecule has 1 saturated heterocycles. The summed E-state index contributed by atoms with van der Waals surface area (Å²) in [6, 6.07) is 0. The Bertz CT molecular complexity index is 358.